The van der Waals surface area contributed by atoms with Crippen molar-refractivity contribution in [2.45, 2.75) is 25.7 Å². The molecule has 1 aliphatic rings. The Morgan fingerprint density at radius 3 is 2.57 bits per heavy atom. The standard InChI is InChI=1S/C9H20N4O/c10-9(13-11)12-5-7-3-1-2-4-8(7)6-14/h7-8,14H,1-6,11H2,(H3,10,12,13). The summed E-state index contributed by atoms with van der Waals surface area (Å²) in [5.41, 5.74) is 7.73. The fourth-order valence-electron chi connectivity index (χ4n) is 2.03. The van der Waals surface area contributed by atoms with Crippen molar-refractivity contribution in [1.29, 1.82) is 0 Å². The molecular weight excluding hydrogens is 180 g/mol. The summed E-state index contributed by atoms with van der Waals surface area (Å²) in [7, 11) is 0. The first kappa shape index (κ1) is 11.3. The van der Waals surface area contributed by atoms with Crippen LogP contribution in [0.1, 0.15) is 25.7 Å². The molecule has 1 saturated carbocycles. The highest BCUT2D eigenvalue weighted by atomic mass is 16.3. The van der Waals surface area contributed by atoms with Crippen LogP contribution in [-0.4, -0.2) is 24.2 Å². The Labute approximate surface area is 84.5 Å². The van der Waals surface area contributed by atoms with Crippen molar-refractivity contribution in [2.75, 3.05) is 13.2 Å². The number of nitrogens with two attached hydrogens (primary N) is 2. The first-order valence-corrected chi connectivity index (χ1v) is 5.15. The molecule has 0 amide bonds. The van der Waals surface area contributed by atoms with Crippen LogP contribution in [-0.2, 0) is 0 Å². The molecule has 2 atom stereocenters. The third-order valence-corrected chi connectivity index (χ3v) is 2.95. The van der Waals surface area contributed by atoms with Gasteiger partial charge in [-0.25, -0.2) is 5.84 Å². The molecule has 0 aromatic carbocycles. The maximum absolute atomic E-state index is 9.16. The number of nitrogens with one attached hydrogen (secondary N) is 1. The van der Waals surface area contributed by atoms with E-state index in [1.54, 1.807) is 0 Å². The van der Waals surface area contributed by atoms with Gasteiger partial charge in [0, 0.05) is 13.2 Å². The van der Waals surface area contributed by atoms with Crippen molar-refractivity contribution >= 4 is 5.96 Å². The summed E-state index contributed by atoms with van der Waals surface area (Å²) in [6.07, 6.45) is 4.68. The Balaban J connectivity index is 2.40. The van der Waals surface area contributed by atoms with Crippen LogP contribution in [0.2, 0.25) is 0 Å². The highest BCUT2D eigenvalue weighted by Crippen LogP contribution is 2.29. The Morgan fingerprint density at radius 2 is 2.00 bits per heavy atom. The summed E-state index contributed by atoms with van der Waals surface area (Å²) < 4.78 is 0. The molecule has 0 bridgehead atoms. The average molecular weight is 200 g/mol. The quantitative estimate of drug-likeness (QED) is 0.215. The van der Waals surface area contributed by atoms with E-state index in [2.05, 4.69) is 10.4 Å². The summed E-state index contributed by atoms with van der Waals surface area (Å²) in [5, 5.41) is 9.16. The van der Waals surface area contributed by atoms with Crippen molar-refractivity contribution < 1.29 is 5.11 Å². The first-order valence-electron chi connectivity index (χ1n) is 5.15. The van der Waals surface area contributed by atoms with E-state index >= 15 is 0 Å². The van der Waals surface area contributed by atoms with E-state index in [1.807, 2.05) is 0 Å². The largest absolute Gasteiger partial charge is 0.396 e. The zero-order chi connectivity index (χ0) is 10.4. The topological polar surface area (TPSA) is 96.7 Å². The van der Waals surface area contributed by atoms with Crippen LogP contribution in [0, 0.1) is 11.8 Å². The molecule has 6 N–H and O–H groups in total. The number of hydrogen-bond donors (Lipinski definition) is 4. The molecule has 1 aliphatic carbocycles. The normalized spacial score (nSPS) is 28.9. The lowest BCUT2D eigenvalue weighted by molar-refractivity contribution is 0.139. The second-order valence-corrected chi connectivity index (χ2v) is 3.86. The third-order valence-electron chi connectivity index (χ3n) is 2.95. The minimum Gasteiger partial charge on any atom is -0.396 e. The van der Waals surface area contributed by atoms with Crippen LogP contribution in [0.5, 0.6) is 0 Å². The monoisotopic (exact) mass is 200 g/mol. The van der Waals surface area contributed by atoms with E-state index in [1.165, 1.54) is 12.8 Å². The molecule has 1 fully saturated rings. The van der Waals surface area contributed by atoms with E-state index in [0.717, 1.165) is 12.8 Å². The van der Waals surface area contributed by atoms with Gasteiger partial charge in [0.15, 0.2) is 0 Å². The van der Waals surface area contributed by atoms with Crippen molar-refractivity contribution in [2.24, 2.45) is 28.4 Å². The Hall–Kier alpha value is -0.810. The number of hydrazine groups is 1. The van der Waals surface area contributed by atoms with Gasteiger partial charge in [-0.1, -0.05) is 12.8 Å². The van der Waals surface area contributed by atoms with Gasteiger partial charge >= 0.3 is 0 Å². The minimum atomic E-state index is 0.260. The molecule has 0 aromatic heterocycles. The van der Waals surface area contributed by atoms with Gasteiger partial charge in [-0.3, -0.25) is 10.4 Å². The number of aliphatic imine (C=N–C) groups is 1. The van der Waals surface area contributed by atoms with Gasteiger partial charge in [0.05, 0.1) is 0 Å². The molecule has 0 spiro atoms. The van der Waals surface area contributed by atoms with Gasteiger partial charge in [0.2, 0.25) is 5.96 Å². The maximum atomic E-state index is 9.16. The summed E-state index contributed by atoms with van der Waals surface area (Å²) in [6.45, 7) is 0.928. The fourth-order valence-corrected chi connectivity index (χ4v) is 2.03. The number of guanidine groups is 1. The molecule has 0 aromatic rings. The fraction of sp³-hybridized carbons (Fsp3) is 0.889. The lowest BCUT2D eigenvalue weighted by atomic mass is 9.80. The smallest absolute Gasteiger partial charge is 0.203 e. The maximum Gasteiger partial charge on any atom is 0.203 e. The van der Waals surface area contributed by atoms with E-state index in [9.17, 15) is 0 Å². The number of rotatable bonds is 3. The number of aliphatic hydroxyl groups is 1. The second kappa shape index (κ2) is 5.82. The van der Waals surface area contributed by atoms with E-state index in [0.29, 0.717) is 18.4 Å². The summed E-state index contributed by atoms with van der Waals surface area (Å²) in [4.78, 5) is 4.11. The predicted molar refractivity (Wildman–Crippen MR) is 56.3 cm³/mol. The van der Waals surface area contributed by atoms with Gasteiger partial charge in [0.1, 0.15) is 0 Å². The van der Waals surface area contributed by atoms with Crippen molar-refractivity contribution in [3.63, 3.8) is 0 Å². The van der Waals surface area contributed by atoms with E-state index in [-0.39, 0.29) is 12.6 Å². The number of nitrogens with zero attached hydrogens (tertiary/aromatic N) is 1. The highest BCUT2D eigenvalue weighted by molar-refractivity contribution is 5.77. The Kier molecular flexibility index (Phi) is 4.69. The zero-order valence-corrected chi connectivity index (χ0v) is 8.45. The first-order chi connectivity index (χ1) is 6.77. The van der Waals surface area contributed by atoms with Gasteiger partial charge in [-0.15, -0.1) is 0 Å². The molecule has 2 unspecified atom stereocenters. The van der Waals surface area contributed by atoms with Crippen LogP contribution < -0.4 is 17.0 Å². The minimum absolute atomic E-state index is 0.260. The molecule has 5 heteroatoms. The van der Waals surface area contributed by atoms with E-state index in [4.69, 9.17) is 16.7 Å². The summed E-state index contributed by atoms with van der Waals surface area (Å²) in [6, 6.07) is 0. The van der Waals surface area contributed by atoms with E-state index < -0.39 is 0 Å². The highest BCUT2D eigenvalue weighted by Gasteiger charge is 2.23. The summed E-state index contributed by atoms with van der Waals surface area (Å²) >= 11 is 0. The Bertz CT molecular complexity index is 195. The van der Waals surface area contributed by atoms with Gasteiger partial charge in [0.25, 0.3) is 0 Å². The van der Waals surface area contributed by atoms with Crippen LogP contribution in [0.3, 0.4) is 0 Å². The van der Waals surface area contributed by atoms with Crippen LogP contribution in [0.25, 0.3) is 0 Å². The van der Waals surface area contributed by atoms with Gasteiger partial charge in [-0.05, 0) is 24.7 Å². The van der Waals surface area contributed by atoms with Crippen LogP contribution >= 0.6 is 0 Å². The van der Waals surface area contributed by atoms with Gasteiger partial charge < -0.3 is 10.8 Å². The predicted octanol–water partition coefficient (Wildman–Crippen LogP) is -0.437. The Morgan fingerprint density at radius 1 is 1.36 bits per heavy atom. The zero-order valence-electron chi connectivity index (χ0n) is 8.45. The molecule has 0 aliphatic heterocycles. The lowest BCUT2D eigenvalue weighted by Gasteiger charge is -2.28. The number of aliphatic hydroxyl groups excluding tert-OH is 1. The number of hydrogen-bond acceptors (Lipinski definition) is 3. The molecule has 82 valence electrons. The van der Waals surface area contributed by atoms with Crippen LogP contribution in [0.4, 0.5) is 0 Å². The molecule has 5 nitrogen and oxygen atoms in total. The summed E-state index contributed by atoms with van der Waals surface area (Å²) in [5.74, 6) is 6.22. The average Bonchev–Trinajstić information content (AvgIpc) is 2.26. The van der Waals surface area contributed by atoms with Crippen molar-refractivity contribution in [1.82, 2.24) is 5.43 Å². The van der Waals surface area contributed by atoms with Crippen molar-refractivity contribution in [3.05, 3.63) is 0 Å². The molecular formula is C9H20N4O. The molecule has 0 saturated heterocycles. The second-order valence-electron chi connectivity index (χ2n) is 3.86. The molecule has 0 heterocycles. The third kappa shape index (κ3) is 3.16. The lowest BCUT2D eigenvalue weighted by Crippen LogP contribution is -2.38. The SMILES string of the molecule is NNC(N)=NCC1CCCCC1CO. The van der Waals surface area contributed by atoms with Gasteiger partial charge in [-0.2, -0.15) is 0 Å². The van der Waals surface area contributed by atoms with Crippen molar-refractivity contribution in [3.8, 4) is 0 Å². The molecule has 14 heavy (non-hydrogen) atoms. The van der Waals surface area contributed by atoms with Crippen LogP contribution in [0.15, 0.2) is 4.99 Å². The molecule has 1 rings (SSSR count). The molecule has 0 radical (unpaired) electrons.